The van der Waals surface area contributed by atoms with Gasteiger partial charge < -0.3 is 9.47 Å². The Kier molecular flexibility index (Phi) is 3.65. The summed E-state index contributed by atoms with van der Waals surface area (Å²) in [6.07, 6.45) is -0.756. The predicted octanol–water partition coefficient (Wildman–Crippen LogP) is 2.24. The van der Waals surface area contributed by atoms with Crippen molar-refractivity contribution in [2.24, 2.45) is 5.92 Å². The summed E-state index contributed by atoms with van der Waals surface area (Å²) in [4.78, 5) is 23.2. The van der Waals surface area contributed by atoms with Crippen LogP contribution in [0.5, 0.6) is 0 Å². The number of hydrogen-bond acceptors (Lipinski definition) is 4. The summed E-state index contributed by atoms with van der Waals surface area (Å²) in [6.45, 7) is 3.54. The van der Waals surface area contributed by atoms with E-state index in [1.54, 1.807) is 6.92 Å². The molecule has 1 aromatic rings. The third-order valence-electron chi connectivity index (χ3n) is 3.09. The highest BCUT2D eigenvalue weighted by molar-refractivity contribution is 5.81. The molecule has 1 saturated heterocycles. The highest BCUT2D eigenvalue weighted by atomic mass is 16.7. The van der Waals surface area contributed by atoms with E-state index in [-0.39, 0.29) is 24.3 Å². The van der Waals surface area contributed by atoms with Gasteiger partial charge in [0.1, 0.15) is 0 Å². The summed E-state index contributed by atoms with van der Waals surface area (Å²) < 4.78 is 10.4. The van der Waals surface area contributed by atoms with Gasteiger partial charge in [0.25, 0.3) is 6.29 Å². The first-order valence-electron chi connectivity index (χ1n) is 6.03. The van der Waals surface area contributed by atoms with E-state index in [0.29, 0.717) is 0 Å². The second kappa shape index (κ2) is 5.21. The van der Waals surface area contributed by atoms with Crippen molar-refractivity contribution in [1.82, 2.24) is 0 Å². The van der Waals surface area contributed by atoms with Crippen molar-refractivity contribution in [2.45, 2.75) is 32.5 Å². The predicted molar refractivity (Wildman–Crippen MR) is 64.6 cm³/mol. The van der Waals surface area contributed by atoms with Crippen LogP contribution >= 0.6 is 0 Å². The summed E-state index contributed by atoms with van der Waals surface area (Å²) in [5.74, 6) is -1.38. The Balaban J connectivity index is 2.17. The van der Waals surface area contributed by atoms with Crippen molar-refractivity contribution < 1.29 is 19.1 Å². The molecule has 0 amide bonds. The SMILES string of the molecule is CC1CC(=O)OC(C(C)c2ccccc2)OC1=O. The Hall–Kier alpha value is -1.84. The standard InChI is InChI=1S/C14H16O4/c1-9-8-12(15)17-14(18-13(9)16)10(2)11-6-4-3-5-7-11/h3-7,9-10,14H,8H2,1-2H3. The topological polar surface area (TPSA) is 52.6 Å². The largest absolute Gasteiger partial charge is 0.424 e. The van der Waals surface area contributed by atoms with Crippen LogP contribution in [0.2, 0.25) is 0 Å². The number of carbonyl (C=O) groups is 2. The molecular weight excluding hydrogens is 232 g/mol. The molecule has 2 rings (SSSR count). The molecule has 0 bridgehead atoms. The third kappa shape index (κ3) is 2.70. The number of ether oxygens (including phenoxy) is 2. The summed E-state index contributed by atoms with van der Waals surface area (Å²) >= 11 is 0. The molecule has 0 saturated carbocycles. The van der Waals surface area contributed by atoms with E-state index in [2.05, 4.69) is 0 Å². The zero-order valence-electron chi connectivity index (χ0n) is 10.5. The van der Waals surface area contributed by atoms with Crippen molar-refractivity contribution in [3.05, 3.63) is 35.9 Å². The van der Waals surface area contributed by atoms with Gasteiger partial charge in [0.15, 0.2) is 0 Å². The zero-order valence-corrected chi connectivity index (χ0v) is 10.5. The lowest BCUT2D eigenvalue weighted by Gasteiger charge is -2.22. The minimum Gasteiger partial charge on any atom is -0.424 e. The van der Waals surface area contributed by atoms with Gasteiger partial charge in [0.2, 0.25) is 0 Å². The quantitative estimate of drug-likeness (QED) is 0.753. The minimum absolute atomic E-state index is 0.0802. The number of benzene rings is 1. The fourth-order valence-corrected chi connectivity index (χ4v) is 1.88. The van der Waals surface area contributed by atoms with Gasteiger partial charge in [-0.3, -0.25) is 9.59 Å². The van der Waals surface area contributed by atoms with Crippen LogP contribution in [0.15, 0.2) is 30.3 Å². The fraction of sp³-hybridized carbons (Fsp3) is 0.429. The fourth-order valence-electron chi connectivity index (χ4n) is 1.88. The third-order valence-corrected chi connectivity index (χ3v) is 3.09. The van der Waals surface area contributed by atoms with Crippen LogP contribution in [0.25, 0.3) is 0 Å². The summed E-state index contributed by atoms with van der Waals surface area (Å²) in [5.41, 5.74) is 0.970. The van der Waals surface area contributed by atoms with Gasteiger partial charge in [-0.2, -0.15) is 0 Å². The molecule has 1 fully saturated rings. The van der Waals surface area contributed by atoms with Crippen LogP contribution in [0.1, 0.15) is 31.7 Å². The van der Waals surface area contributed by atoms with Crippen LogP contribution in [0.3, 0.4) is 0 Å². The number of hydrogen-bond donors (Lipinski definition) is 0. The maximum atomic E-state index is 11.7. The van der Waals surface area contributed by atoms with E-state index in [1.165, 1.54) is 0 Å². The first kappa shape index (κ1) is 12.6. The van der Waals surface area contributed by atoms with Gasteiger partial charge in [-0.05, 0) is 5.56 Å². The minimum atomic E-state index is -0.836. The van der Waals surface area contributed by atoms with Crippen molar-refractivity contribution in [1.29, 1.82) is 0 Å². The number of esters is 2. The molecule has 0 radical (unpaired) electrons. The van der Waals surface area contributed by atoms with Crippen molar-refractivity contribution >= 4 is 11.9 Å². The van der Waals surface area contributed by atoms with Crippen LogP contribution in [0.4, 0.5) is 0 Å². The molecule has 1 heterocycles. The van der Waals surface area contributed by atoms with E-state index in [9.17, 15) is 9.59 Å². The summed E-state index contributed by atoms with van der Waals surface area (Å²) in [6, 6.07) is 9.54. The molecular formula is C14H16O4. The molecule has 4 nitrogen and oxygen atoms in total. The summed E-state index contributed by atoms with van der Waals surface area (Å²) in [7, 11) is 0. The molecule has 1 aliphatic heterocycles. The maximum Gasteiger partial charge on any atom is 0.312 e. The number of cyclic esters (lactones) is 2. The van der Waals surface area contributed by atoms with Gasteiger partial charge in [-0.15, -0.1) is 0 Å². The van der Waals surface area contributed by atoms with Gasteiger partial charge >= 0.3 is 11.9 Å². The average molecular weight is 248 g/mol. The molecule has 3 unspecified atom stereocenters. The molecule has 1 aliphatic rings. The Morgan fingerprint density at radius 3 is 2.50 bits per heavy atom. The van der Waals surface area contributed by atoms with Gasteiger partial charge in [-0.1, -0.05) is 44.2 Å². The molecule has 3 atom stereocenters. The monoisotopic (exact) mass is 248 g/mol. The van der Waals surface area contributed by atoms with E-state index >= 15 is 0 Å². The highest BCUT2D eigenvalue weighted by Crippen LogP contribution is 2.26. The van der Waals surface area contributed by atoms with Crippen molar-refractivity contribution in [2.75, 3.05) is 0 Å². The van der Waals surface area contributed by atoms with E-state index in [0.717, 1.165) is 5.56 Å². The average Bonchev–Trinajstić information content (AvgIpc) is 2.49. The van der Waals surface area contributed by atoms with Gasteiger partial charge in [0, 0.05) is 0 Å². The van der Waals surface area contributed by atoms with E-state index < -0.39 is 12.2 Å². The molecule has 0 spiro atoms. The van der Waals surface area contributed by atoms with Crippen molar-refractivity contribution in [3.8, 4) is 0 Å². The van der Waals surface area contributed by atoms with E-state index in [1.807, 2.05) is 37.3 Å². The molecule has 96 valence electrons. The Bertz CT molecular complexity index is 440. The Morgan fingerprint density at radius 1 is 1.17 bits per heavy atom. The maximum absolute atomic E-state index is 11.7. The molecule has 18 heavy (non-hydrogen) atoms. The molecule has 0 N–H and O–H groups in total. The smallest absolute Gasteiger partial charge is 0.312 e. The molecule has 0 aromatic heterocycles. The first-order valence-corrected chi connectivity index (χ1v) is 6.03. The molecule has 4 heteroatoms. The molecule has 0 aliphatic carbocycles. The normalized spacial score (nSPS) is 25.9. The van der Waals surface area contributed by atoms with E-state index in [4.69, 9.17) is 9.47 Å². The number of carbonyl (C=O) groups excluding carboxylic acids is 2. The highest BCUT2D eigenvalue weighted by Gasteiger charge is 2.33. The van der Waals surface area contributed by atoms with Gasteiger partial charge in [0.05, 0.1) is 18.3 Å². The van der Waals surface area contributed by atoms with Crippen LogP contribution in [-0.4, -0.2) is 18.2 Å². The van der Waals surface area contributed by atoms with Crippen LogP contribution in [0, 0.1) is 5.92 Å². The first-order chi connectivity index (χ1) is 8.58. The molecule has 1 aromatic carbocycles. The lowest BCUT2D eigenvalue weighted by Crippen LogP contribution is -2.26. The van der Waals surface area contributed by atoms with Crippen molar-refractivity contribution in [3.63, 3.8) is 0 Å². The number of rotatable bonds is 2. The Morgan fingerprint density at radius 2 is 1.83 bits per heavy atom. The van der Waals surface area contributed by atoms with Crippen LogP contribution in [-0.2, 0) is 19.1 Å². The lowest BCUT2D eigenvalue weighted by molar-refractivity contribution is -0.184. The lowest BCUT2D eigenvalue weighted by atomic mass is 10.0. The Labute approximate surface area is 106 Å². The van der Waals surface area contributed by atoms with Gasteiger partial charge in [-0.25, -0.2) is 0 Å². The zero-order chi connectivity index (χ0) is 13.1. The summed E-state index contributed by atoms with van der Waals surface area (Å²) in [5, 5.41) is 0. The van der Waals surface area contributed by atoms with Crippen LogP contribution < -0.4 is 0 Å². The second-order valence-electron chi connectivity index (χ2n) is 4.60. The second-order valence-corrected chi connectivity index (χ2v) is 4.60.